The molecule has 1 fully saturated rings. The maximum atomic E-state index is 6.33. The van der Waals surface area contributed by atoms with Crippen molar-refractivity contribution in [2.45, 2.75) is 25.3 Å². The zero-order valence-corrected chi connectivity index (χ0v) is 8.49. The van der Waals surface area contributed by atoms with Crippen molar-refractivity contribution < 1.29 is 4.74 Å². The number of pyridine rings is 1. The van der Waals surface area contributed by atoms with Crippen LogP contribution in [0.15, 0.2) is 18.5 Å². The highest BCUT2D eigenvalue weighted by Crippen LogP contribution is 2.28. The Morgan fingerprint density at radius 2 is 2.07 bits per heavy atom. The molecule has 2 N–H and O–H groups in total. The molecule has 2 heterocycles. The summed E-state index contributed by atoms with van der Waals surface area (Å²) in [5.74, 6) is 0. The molecular weight excluding hydrogens is 176 g/mol. The van der Waals surface area contributed by atoms with Gasteiger partial charge in [0.15, 0.2) is 0 Å². The first-order valence-corrected chi connectivity index (χ1v) is 4.99. The summed E-state index contributed by atoms with van der Waals surface area (Å²) in [5.41, 5.74) is 8.41. The van der Waals surface area contributed by atoms with Crippen molar-refractivity contribution >= 4 is 0 Å². The molecule has 3 heteroatoms. The first-order chi connectivity index (χ1) is 6.71. The van der Waals surface area contributed by atoms with Crippen molar-refractivity contribution in [2.75, 3.05) is 13.2 Å². The second-order valence-corrected chi connectivity index (χ2v) is 4.02. The largest absolute Gasteiger partial charge is 0.381 e. The Morgan fingerprint density at radius 3 is 2.71 bits per heavy atom. The normalized spacial score (nSPS) is 20.7. The van der Waals surface area contributed by atoms with Crippen LogP contribution in [0.5, 0.6) is 0 Å². The van der Waals surface area contributed by atoms with Gasteiger partial charge in [-0.15, -0.1) is 0 Å². The standard InChI is InChI=1S/C11H16N2O/c1-9-6-10(8-13-7-9)11(12)2-4-14-5-3-11/h6-8H,2-5,12H2,1H3. The molecule has 14 heavy (non-hydrogen) atoms. The first-order valence-electron chi connectivity index (χ1n) is 4.99. The number of hydrogen-bond acceptors (Lipinski definition) is 3. The third-order valence-electron chi connectivity index (χ3n) is 2.83. The molecule has 0 radical (unpaired) electrons. The summed E-state index contributed by atoms with van der Waals surface area (Å²) in [6.07, 6.45) is 5.50. The Kier molecular flexibility index (Phi) is 2.52. The van der Waals surface area contributed by atoms with Crippen molar-refractivity contribution in [2.24, 2.45) is 5.73 Å². The van der Waals surface area contributed by atoms with Crippen LogP contribution in [0.25, 0.3) is 0 Å². The number of ether oxygens (including phenoxy) is 1. The van der Waals surface area contributed by atoms with Crippen LogP contribution in [0.2, 0.25) is 0 Å². The molecule has 3 nitrogen and oxygen atoms in total. The Hall–Kier alpha value is -0.930. The van der Waals surface area contributed by atoms with Crippen molar-refractivity contribution in [3.05, 3.63) is 29.6 Å². The fourth-order valence-electron chi connectivity index (χ4n) is 1.85. The zero-order valence-electron chi connectivity index (χ0n) is 8.49. The summed E-state index contributed by atoms with van der Waals surface area (Å²) in [4.78, 5) is 4.18. The Bertz CT molecular complexity index is 319. The third-order valence-corrected chi connectivity index (χ3v) is 2.83. The van der Waals surface area contributed by atoms with Crippen molar-refractivity contribution in [3.63, 3.8) is 0 Å². The smallest absolute Gasteiger partial charge is 0.0486 e. The maximum absolute atomic E-state index is 6.33. The Morgan fingerprint density at radius 1 is 1.36 bits per heavy atom. The van der Waals surface area contributed by atoms with Crippen LogP contribution >= 0.6 is 0 Å². The zero-order chi connectivity index (χ0) is 10.0. The van der Waals surface area contributed by atoms with E-state index in [0.29, 0.717) is 0 Å². The predicted molar refractivity (Wildman–Crippen MR) is 54.9 cm³/mol. The van der Waals surface area contributed by atoms with E-state index in [4.69, 9.17) is 10.5 Å². The predicted octanol–water partition coefficient (Wildman–Crippen LogP) is 1.35. The lowest BCUT2D eigenvalue weighted by Crippen LogP contribution is -2.42. The quantitative estimate of drug-likeness (QED) is 0.730. The topological polar surface area (TPSA) is 48.1 Å². The lowest BCUT2D eigenvalue weighted by molar-refractivity contribution is 0.0521. The van der Waals surface area contributed by atoms with Gasteiger partial charge in [-0.2, -0.15) is 0 Å². The summed E-state index contributed by atoms with van der Waals surface area (Å²) >= 11 is 0. The second kappa shape index (κ2) is 3.67. The SMILES string of the molecule is Cc1cncc(C2(N)CCOCC2)c1. The van der Waals surface area contributed by atoms with Gasteiger partial charge in [0.1, 0.15) is 0 Å². The van der Waals surface area contributed by atoms with E-state index in [1.165, 1.54) is 5.56 Å². The van der Waals surface area contributed by atoms with E-state index in [0.717, 1.165) is 31.6 Å². The summed E-state index contributed by atoms with van der Waals surface area (Å²) in [5, 5.41) is 0. The molecule has 0 saturated carbocycles. The van der Waals surface area contributed by atoms with E-state index in [1.807, 2.05) is 19.3 Å². The molecule has 2 rings (SSSR count). The van der Waals surface area contributed by atoms with Crippen LogP contribution in [0.1, 0.15) is 24.0 Å². The van der Waals surface area contributed by atoms with Gasteiger partial charge in [-0.1, -0.05) is 6.07 Å². The van der Waals surface area contributed by atoms with Gasteiger partial charge in [-0.05, 0) is 30.9 Å². The van der Waals surface area contributed by atoms with Crippen molar-refractivity contribution in [3.8, 4) is 0 Å². The van der Waals surface area contributed by atoms with Crippen LogP contribution in [0.3, 0.4) is 0 Å². The average molecular weight is 192 g/mol. The van der Waals surface area contributed by atoms with E-state index in [9.17, 15) is 0 Å². The van der Waals surface area contributed by atoms with Crippen LogP contribution in [0, 0.1) is 6.92 Å². The van der Waals surface area contributed by atoms with Crippen LogP contribution in [-0.4, -0.2) is 18.2 Å². The minimum atomic E-state index is -0.225. The van der Waals surface area contributed by atoms with Crippen molar-refractivity contribution in [1.82, 2.24) is 4.98 Å². The second-order valence-electron chi connectivity index (χ2n) is 4.02. The number of nitrogens with zero attached hydrogens (tertiary/aromatic N) is 1. The molecule has 0 unspecified atom stereocenters. The van der Waals surface area contributed by atoms with Crippen LogP contribution in [-0.2, 0) is 10.3 Å². The third kappa shape index (κ3) is 1.79. The monoisotopic (exact) mass is 192 g/mol. The van der Waals surface area contributed by atoms with Gasteiger partial charge in [0.2, 0.25) is 0 Å². The molecule has 1 aromatic heterocycles. The molecule has 0 spiro atoms. The summed E-state index contributed by atoms with van der Waals surface area (Å²) in [6, 6.07) is 2.12. The van der Waals surface area contributed by atoms with E-state index in [2.05, 4.69) is 11.1 Å². The Balaban J connectivity index is 2.28. The summed E-state index contributed by atoms with van der Waals surface area (Å²) in [6.45, 7) is 3.55. The lowest BCUT2D eigenvalue weighted by atomic mass is 9.84. The molecule has 0 aromatic carbocycles. The number of nitrogens with two attached hydrogens (primary N) is 1. The highest BCUT2D eigenvalue weighted by molar-refractivity contribution is 5.24. The van der Waals surface area contributed by atoms with Gasteiger partial charge < -0.3 is 10.5 Å². The molecule has 1 aliphatic heterocycles. The molecule has 1 aromatic rings. The number of aryl methyl sites for hydroxylation is 1. The molecule has 0 amide bonds. The minimum absolute atomic E-state index is 0.225. The Labute approximate surface area is 84.3 Å². The highest BCUT2D eigenvalue weighted by atomic mass is 16.5. The summed E-state index contributed by atoms with van der Waals surface area (Å²) in [7, 11) is 0. The van der Waals surface area contributed by atoms with E-state index in [-0.39, 0.29) is 5.54 Å². The van der Waals surface area contributed by atoms with E-state index in [1.54, 1.807) is 0 Å². The molecule has 76 valence electrons. The minimum Gasteiger partial charge on any atom is -0.381 e. The molecule has 1 saturated heterocycles. The molecule has 1 aliphatic rings. The van der Waals surface area contributed by atoms with E-state index < -0.39 is 0 Å². The van der Waals surface area contributed by atoms with Crippen LogP contribution < -0.4 is 5.73 Å². The molecular formula is C11H16N2O. The summed E-state index contributed by atoms with van der Waals surface area (Å²) < 4.78 is 5.32. The number of rotatable bonds is 1. The highest BCUT2D eigenvalue weighted by Gasteiger charge is 2.30. The average Bonchev–Trinajstić information content (AvgIpc) is 2.19. The molecule has 0 aliphatic carbocycles. The van der Waals surface area contributed by atoms with Gasteiger partial charge in [0, 0.05) is 31.1 Å². The van der Waals surface area contributed by atoms with E-state index >= 15 is 0 Å². The molecule has 0 atom stereocenters. The van der Waals surface area contributed by atoms with Crippen LogP contribution in [0.4, 0.5) is 0 Å². The number of aromatic nitrogens is 1. The molecule has 0 bridgehead atoms. The van der Waals surface area contributed by atoms with Gasteiger partial charge >= 0.3 is 0 Å². The fourth-order valence-corrected chi connectivity index (χ4v) is 1.85. The maximum Gasteiger partial charge on any atom is 0.0486 e. The van der Waals surface area contributed by atoms with Gasteiger partial charge in [-0.25, -0.2) is 0 Å². The van der Waals surface area contributed by atoms with Gasteiger partial charge in [-0.3, -0.25) is 4.98 Å². The number of hydrogen-bond donors (Lipinski definition) is 1. The van der Waals surface area contributed by atoms with Gasteiger partial charge in [0.05, 0.1) is 0 Å². The first kappa shape index (κ1) is 9.62. The fraction of sp³-hybridized carbons (Fsp3) is 0.545. The lowest BCUT2D eigenvalue weighted by Gasteiger charge is -2.33. The van der Waals surface area contributed by atoms with Gasteiger partial charge in [0.25, 0.3) is 0 Å². The van der Waals surface area contributed by atoms with Crippen molar-refractivity contribution in [1.29, 1.82) is 0 Å².